The minimum absolute atomic E-state index is 0.158. The van der Waals surface area contributed by atoms with E-state index in [4.69, 9.17) is 10.1 Å². The molecule has 5 heteroatoms. The molecule has 2 N–H and O–H groups in total. The number of carbonyl (C=O) groups is 1. The van der Waals surface area contributed by atoms with Crippen molar-refractivity contribution in [1.29, 1.82) is 5.41 Å². The third-order valence-corrected chi connectivity index (χ3v) is 3.02. The Morgan fingerprint density at radius 3 is 3.00 bits per heavy atom. The number of hydrogen-bond acceptors (Lipinski definition) is 4. The Kier molecular flexibility index (Phi) is 3.84. The van der Waals surface area contributed by atoms with E-state index in [1.807, 2.05) is 24.3 Å². The second-order valence-corrected chi connectivity index (χ2v) is 4.62. The van der Waals surface area contributed by atoms with Crippen LogP contribution in [0.15, 0.2) is 41.8 Å². The smallest absolute Gasteiger partial charge is 0.264 e. The van der Waals surface area contributed by atoms with Crippen LogP contribution in [0.5, 0.6) is 5.75 Å². The third-order valence-electron chi connectivity index (χ3n) is 2.19. The maximum Gasteiger partial charge on any atom is 0.264 e. The summed E-state index contributed by atoms with van der Waals surface area (Å²) in [5, 5.41) is 9.95. The van der Waals surface area contributed by atoms with E-state index >= 15 is 0 Å². The van der Waals surface area contributed by atoms with Crippen LogP contribution >= 0.6 is 11.8 Å². The molecule has 0 aromatic heterocycles. The van der Waals surface area contributed by atoms with Crippen LogP contribution in [-0.2, 0) is 4.79 Å². The number of amidine groups is 1. The van der Waals surface area contributed by atoms with E-state index in [0.717, 1.165) is 23.1 Å². The molecular formula is C13H12N2O2S. The van der Waals surface area contributed by atoms with E-state index in [1.54, 1.807) is 12.2 Å². The Morgan fingerprint density at radius 1 is 1.50 bits per heavy atom. The number of nitrogens with one attached hydrogen (secondary N) is 2. The first-order valence-electron chi connectivity index (χ1n) is 5.32. The van der Waals surface area contributed by atoms with Gasteiger partial charge in [0.05, 0.1) is 4.91 Å². The molecule has 2 rings (SSSR count). The van der Waals surface area contributed by atoms with Gasteiger partial charge in [0.2, 0.25) is 0 Å². The quantitative estimate of drug-likeness (QED) is 0.645. The number of benzene rings is 1. The molecule has 1 fully saturated rings. The molecule has 0 bridgehead atoms. The topological polar surface area (TPSA) is 62.2 Å². The number of hydrogen-bond donors (Lipinski definition) is 2. The maximum atomic E-state index is 11.5. The molecule has 0 aliphatic carbocycles. The molecule has 1 heterocycles. The maximum absolute atomic E-state index is 11.5. The van der Waals surface area contributed by atoms with E-state index in [-0.39, 0.29) is 11.1 Å². The molecule has 1 aromatic carbocycles. The van der Waals surface area contributed by atoms with Gasteiger partial charge in [-0.05, 0) is 35.5 Å². The van der Waals surface area contributed by atoms with Crippen molar-refractivity contribution < 1.29 is 9.53 Å². The van der Waals surface area contributed by atoms with Crippen molar-refractivity contribution >= 4 is 28.9 Å². The van der Waals surface area contributed by atoms with Crippen LogP contribution in [-0.4, -0.2) is 17.7 Å². The molecule has 0 radical (unpaired) electrons. The van der Waals surface area contributed by atoms with Crippen LogP contribution in [0.1, 0.15) is 5.56 Å². The van der Waals surface area contributed by atoms with Gasteiger partial charge in [-0.1, -0.05) is 24.8 Å². The Balaban J connectivity index is 2.18. The van der Waals surface area contributed by atoms with Gasteiger partial charge in [0.1, 0.15) is 12.4 Å². The van der Waals surface area contributed by atoms with Crippen molar-refractivity contribution in [2.45, 2.75) is 0 Å². The van der Waals surface area contributed by atoms with Crippen molar-refractivity contribution in [2.24, 2.45) is 0 Å². The molecule has 18 heavy (non-hydrogen) atoms. The lowest BCUT2D eigenvalue weighted by molar-refractivity contribution is -0.115. The van der Waals surface area contributed by atoms with Crippen molar-refractivity contribution in [3.63, 3.8) is 0 Å². The molecule has 4 nitrogen and oxygen atoms in total. The predicted molar refractivity (Wildman–Crippen MR) is 73.6 cm³/mol. The zero-order valence-corrected chi connectivity index (χ0v) is 10.4. The minimum Gasteiger partial charge on any atom is -0.490 e. The van der Waals surface area contributed by atoms with Gasteiger partial charge >= 0.3 is 0 Å². The summed E-state index contributed by atoms with van der Waals surface area (Å²) < 4.78 is 5.41. The largest absolute Gasteiger partial charge is 0.490 e. The van der Waals surface area contributed by atoms with Gasteiger partial charge < -0.3 is 10.1 Å². The first-order valence-corrected chi connectivity index (χ1v) is 6.14. The van der Waals surface area contributed by atoms with Crippen molar-refractivity contribution in [3.05, 3.63) is 47.4 Å². The molecule has 1 aliphatic heterocycles. The van der Waals surface area contributed by atoms with Gasteiger partial charge in [-0.25, -0.2) is 0 Å². The van der Waals surface area contributed by atoms with Crippen LogP contribution in [0.25, 0.3) is 6.08 Å². The Labute approximate surface area is 109 Å². The first-order chi connectivity index (χ1) is 8.69. The van der Waals surface area contributed by atoms with Crippen LogP contribution in [0.2, 0.25) is 0 Å². The zero-order chi connectivity index (χ0) is 13.0. The summed E-state index contributed by atoms with van der Waals surface area (Å²) in [6.45, 7) is 4.03. The summed E-state index contributed by atoms with van der Waals surface area (Å²) in [5.74, 6) is 0.491. The summed E-state index contributed by atoms with van der Waals surface area (Å²) in [7, 11) is 0. The molecule has 92 valence electrons. The lowest BCUT2D eigenvalue weighted by atomic mass is 10.2. The fourth-order valence-electron chi connectivity index (χ4n) is 1.44. The van der Waals surface area contributed by atoms with Crippen LogP contribution < -0.4 is 10.1 Å². The van der Waals surface area contributed by atoms with Gasteiger partial charge in [-0.2, -0.15) is 0 Å². The summed E-state index contributed by atoms with van der Waals surface area (Å²) >= 11 is 1.12. The SMILES string of the molecule is C=CCOc1cccc(C=C2SC(=N)NC2=O)c1. The standard InChI is InChI=1S/C13H12N2O2S/c1-2-6-17-10-5-3-4-9(7-10)8-11-12(16)15-13(14)18-11/h2-5,7-8H,1,6H2,(H2,14,15,16). The highest BCUT2D eigenvalue weighted by Gasteiger charge is 2.21. The monoisotopic (exact) mass is 260 g/mol. The number of ether oxygens (including phenoxy) is 1. The first kappa shape index (κ1) is 12.4. The fourth-order valence-corrected chi connectivity index (χ4v) is 2.14. The van der Waals surface area contributed by atoms with Crippen molar-refractivity contribution in [2.75, 3.05) is 6.61 Å². The highest BCUT2D eigenvalue weighted by Crippen LogP contribution is 2.26. The third kappa shape index (κ3) is 3.01. The van der Waals surface area contributed by atoms with E-state index < -0.39 is 0 Å². The number of carbonyl (C=O) groups excluding carboxylic acids is 1. The summed E-state index contributed by atoms with van der Waals surface area (Å²) in [4.78, 5) is 12.0. The average Bonchev–Trinajstić information content (AvgIpc) is 2.66. The Bertz CT molecular complexity index is 538. The molecule has 0 saturated carbocycles. The normalized spacial score (nSPS) is 16.8. The number of amides is 1. The van der Waals surface area contributed by atoms with E-state index in [1.165, 1.54) is 0 Å². The average molecular weight is 260 g/mol. The molecule has 1 saturated heterocycles. The summed E-state index contributed by atoms with van der Waals surface area (Å²) in [6.07, 6.45) is 3.41. The number of thioether (sulfide) groups is 1. The summed E-state index contributed by atoms with van der Waals surface area (Å²) in [6, 6.07) is 7.42. The van der Waals surface area contributed by atoms with E-state index in [9.17, 15) is 4.79 Å². The van der Waals surface area contributed by atoms with Crippen LogP contribution in [0.4, 0.5) is 0 Å². The van der Waals surface area contributed by atoms with Crippen molar-refractivity contribution in [3.8, 4) is 5.75 Å². The highest BCUT2D eigenvalue weighted by molar-refractivity contribution is 8.18. The van der Waals surface area contributed by atoms with Gasteiger partial charge in [0.15, 0.2) is 5.17 Å². The Hall–Kier alpha value is -2.01. The lowest BCUT2D eigenvalue weighted by Gasteiger charge is -2.03. The molecule has 0 spiro atoms. The fraction of sp³-hybridized carbons (Fsp3) is 0.0769. The van der Waals surface area contributed by atoms with Gasteiger partial charge in [-0.3, -0.25) is 10.2 Å². The molecule has 1 aromatic rings. The van der Waals surface area contributed by atoms with Gasteiger partial charge in [0, 0.05) is 0 Å². The van der Waals surface area contributed by atoms with Gasteiger partial charge in [-0.15, -0.1) is 0 Å². The second kappa shape index (κ2) is 5.55. The molecule has 0 atom stereocenters. The van der Waals surface area contributed by atoms with E-state index in [2.05, 4.69) is 11.9 Å². The minimum atomic E-state index is -0.234. The molecule has 0 unspecified atom stereocenters. The summed E-state index contributed by atoms with van der Waals surface area (Å²) in [5.41, 5.74) is 0.865. The predicted octanol–water partition coefficient (Wildman–Crippen LogP) is 2.39. The Morgan fingerprint density at radius 2 is 2.33 bits per heavy atom. The van der Waals surface area contributed by atoms with Gasteiger partial charge in [0.25, 0.3) is 5.91 Å². The highest BCUT2D eigenvalue weighted by atomic mass is 32.2. The van der Waals surface area contributed by atoms with E-state index in [0.29, 0.717) is 11.5 Å². The molecule has 1 amide bonds. The number of rotatable bonds is 4. The second-order valence-electron chi connectivity index (χ2n) is 3.57. The van der Waals surface area contributed by atoms with Crippen LogP contribution in [0.3, 0.4) is 0 Å². The molecule has 1 aliphatic rings. The van der Waals surface area contributed by atoms with Crippen molar-refractivity contribution in [1.82, 2.24) is 5.32 Å². The molecular weight excluding hydrogens is 248 g/mol. The van der Waals surface area contributed by atoms with Crippen LogP contribution in [0, 0.1) is 5.41 Å². The zero-order valence-electron chi connectivity index (χ0n) is 9.60. The lowest BCUT2D eigenvalue weighted by Crippen LogP contribution is -2.18.